The van der Waals surface area contributed by atoms with Crippen LogP contribution in [0.4, 0.5) is 11.4 Å². The molecule has 8 rings (SSSR count). The molecule has 0 spiro atoms. The molecule has 12 heteroatoms. The number of rotatable bonds is 6. The highest BCUT2D eigenvalue weighted by molar-refractivity contribution is 7.15. The van der Waals surface area contributed by atoms with E-state index in [0.29, 0.717) is 43.0 Å². The number of hydrogen-bond acceptors (Lipinski definition) is 10. The van der Waals surface area contributed by atoms with Crippen LogP contribution in [-0.2, 0) is 9.59 Å². The van der Waals surface area contributed by atoms with Crippen molar-refractivity contribution in [3.63, 3.8) is 0 Å². The van der Waals surface area contributed by atoms with E-state index in [1.165, 1.54) is 45.3 Å². The molecule has 2 aliphatic rings. The van der Waals surface area contributed by atoms with Crippen LogP contribution in [-0.4, -0.2) is 11.8 Å². The van der Waals surface area contributed by atoms with Crippen molar-refractivity contribution in [2.24, 2.45) is 0 Å². The first-order valence-electron chi connectivity index (χ1n) is 16.1. The standard InChI is InChI=1S/C42H20N6O2S4/c43-21-25(22-44)33-15-11-29(51-33)19-31-13-17-35(53-31)39-37-38(41(49)47(39)27-7-3-1-4-8-27)40(48(42(37)50)28-9-5-2-6-10-28)36-18-14-32(54-36)20-30-12-16-34(52-30)26(23-45)24-46/h1-20H/b29-19+,30-20+. The summed E-state index contributed by atoms with van der Waals surface area (Å²) in [6.45, 7) is 0. The van der Waals surface area contributed by atoms with Gasteiger partial charge in [-0.25, -0.2) is 0 Å². The van der Waals surface area contributed by atoms with Gasteiger partial charge in [0.1, 0.15) is 35.4 Å². The van der Waals surface area contributed by atoms with Gasteiger partial charge >= 0.3 is 0 Å². The number of benzene rings is 2. The van der Waals surface area contributed by atoms with E-state index < -0.39 is 0 Å². The third-order valence-corrected chi connectivity index (χ3v) is 12.7. The first-order valence-corrected chi connectivity index (χ1v) is 19.4. The van der Waals surface area contributed by atoms with Gasteiger partial charge in [0.2, 0.25) is 0 Å². The van der Waals surface area contributed by atoms with Crippen LogP contribution in [0.2, 0.25) is 0 Å². The second-order valence-electron chi connectivity index (χ2n) is 11.7. The predicted molar refractivity (Wildman–Crippen MR) is 214 cm³/mol. The third kappa shape index (κ3) is 5.98. The minimum absolute atomic E-state index is 0.0548. The largest absolute Gasteiger partial charge is 0.275 e. The molecule has 0 N–H and O–H groups in total. The molecule has 0 radical (unpaired) electrons. The first kappa shape index (κ1) is 34.2. The van der Waals surface area contributed by atoms with E-state index in [1.54, 1.807) is 21.9 Å². The average molecular weight is 769 g/mol. The number of nitriles is 4. The number of anilines is 2. The Hall–Kier alpha value is -6.90. The van der Waals surface area contributed by atoms with Crippen molar-refractivity contribution in [1.29, 1.82) is 21.0 Å². The second kappa shape index (κ2) is 14.3. The van der Waals surface area contributed by atoms with Crippen molar-refractivity contribution in [2.45, 2.75) is 0 Å². The minimum Gasteiger partial charge on any atom is -0.275 e. The van der Waals surface area contributed by atoms with Crippen LogP contribution < -0.4 is 27.9 Å². The number of hydrogen-bond donors (Lipinski definition) is 0. The fourth-order valence-electron chi connectivity index (χ4n) is 6.21. The summed E-state index contributed by atoms with van der Waals surface area (Å²) in [5.41, 5.74) is 2.99. The minimum atomic E-state index is -0.316. The summed E-state index contributed by atoms with van der Waals surface area (Å²) in [5, 5.41) is 37.3. The SMILES string of the molecule is N#CC(C#N)=c1cc/c(=C\c2ccc(C3=C4C(=O)N(c5ccccc5)C(c5ccc(/C=c6\ccc(=C(C#N)C#N)s6)s5)=C4C(=O)N3c3ccccc3)s2)s1. The van der Waals surface area contributed by atoms with Gasteiger partial charge in [0.25, 0.3) is 11.8 Å². The molecule has 0 bridgehead atoms. The smallest absolute Gasteiger partial charge is 0.265 e. The number of para-hydroxylation sites is 2. The fourth-order valence-corrected chi connectivity index (χ4v) is 10.2. The summed E-state index contributed by atoms with van der Waals surface area (Å²) in [5.74, 6) is -0.632. The van der Waals surface area contributed by atoms with E-state index in [9.17, 15) is 30.6 Å². The van der Waals surface area contributed by atoms with Crippen molar-refractivity contribution < 1.29 is 9.59 Å². The van der Waals surface area contributed by atoms with Crippen molar-refractivity contribution in [3.05, 3.63) is 158 Å². The summed E-state index contributed by atoms with van der Waals surface area (Å²) < 4.78 is 2.89. The van der Waals surface area contributed by atoms with Gasteiger partial charge in [-0.05, 0) is 84.9 Å². The summed E-state index contributed by atoms with van der Waals surface area (Å²) in [4.78, 5) is 36.1. The molecule has 0 unspecified atom stereocenters. The van der Waals surface area contributed by atoms with Crippen LogP contribution in [0.15, 0.2) is 120 Å². The highest BCUT2D eigenvalue weighted by atomic mass is 32.1. The fraction of sp³-hybridized carbons (Fsp3) is 0. The molecular weight excluding hydrogens is 749 g/mol. The van der Waals surface area contributed by atoms with Crippen LogP contribution >= 0.6 is 45.3 Å². The Morgan fingerprint density at radius 2 is 0.870 bits per heavy atom. The molecule has 0 saturated heterocycles. The van der Waals surface area contributed by atoms with Gasteiger partial charge in [0.05, 0.1) is 41.4 Å². The van der Waals surface area contributed by atoms with Crippen molar-refractivity contribution in [1.82, 2.24) is 0 Å². The quantitative estimate of drug-likeness (QED) is 0.198. The highest BCUT2D eigenvalue weighted by Gasteiger charge is 2.50. The Morgan fingerprint density at radius 1 is 0.481 bits per heavy atom. The maximum absolute atomic E-state index is 14.9. The van der Waals surface area contributed by atoms with Crippen LogP contribution in [0.3, 0.4) is 0 Å². The van der Waals surface area contributed by atoms with Crippen LogP contribution in [0.1, 0.15) is 19.5 Å². The molecule has 0 fully saturated rings. The Balaban J connectivity index is 1.32. The van der Waals surface area contributed by atoms with Crippen LogP contribution in [0.25, 0.3) is 34.7 Å². The Labute approximate surface area is 324 Å². The summed E-state index contributed by atoms with van der Waals surface area (Å²) in [6.07, 6.45) is 3.91. The summed E-state index contributed by atoms with van der Waals surface area (Å²) in [6, 6.07) is 41.2. The van der Waals surface area contributed by atoms with Gasteiger partial charge in [0, 0.05) is 30.2 Å². The van der Waals surface area contributed by atoms with Crippen molar-refractivity contribution in [2.75, 3.05) is 9.80 Å². The number of thiophene rings is 4. The monoisotopic (exact) mass is 768 g/mol. The molecule has 2 aromatic carbocycles. The Kier molecular flexibility index (Phi) is 9.03. The van der Waals surface area contributed by atoms with E-state index >= 15 is 0 Å². The molecule has 8 nitrogen and oxygen atoms in total. The zero-order valence-electron chi connectivity index (χ0n) is 27.7. The Bertz CT molecular complexity index is 2800. The highest BCUT2D eigenvalue weighted by Crippen LogP contribution is 2.51. The molecule has 0 aliphatic carbocycles. The summed E-state index contributed by atoms with van der Waals surface area (Å²) in [7, 11) is 0. The lowest BCUT2D eigenvalue weighted by molar-refractivity contribution is -0.115. The molecule has 6 heterocycles. The van der Waals surface area contributed by atoms with Gasteiger partial charge in [-0.1, -0.05) is 36.4 Å². The average Bonchev–Trinajstić information content (AvgIpc) is 4.06. The molecule has 0 saturated carbocycles. The maximum Gasteiger partial charge on any atom is 0.265 e. The molecule has 254 valence electrons. The number of fused-ring (bicyclic) bond motifs is 1. The van der Waals surface area contributed by atoms with Gasteiger partial charge in [-0.15, -0.1) is 45.3 Å². The van der Waals surface area contributed by atoms with E-state index in [2.05, 4.69) is 0 Å². The molecular formula is C42H20N6O2S4. The van der Waals surface area contributed by atoms with E-state index in [-0.39, 0.29) is 23.0 Å². The lowest BCUT2D eigenvalue weighted by Crippen LogP contribution is -2.29. The molecule has 54 heavy (non-hydrogen) atoms. The maximum atomic E-state index is 14.9. The van der Waals surface area contributed by atoms with Crippen molar-refractivity contribution in [3.8, 4) is 24.3 Å². The lowest BCUT2D eigenvalue weighted by Gasteiger charge is -2.24. The number of carbonyl (C=O) groups is 2. The van der Waals surface area contributed by atoms with Gasteiger partial charge in [-0.2, -0.15) is 21.0 Å². The van der Waals surface area contributed by atoms with Gasteiger partial charge < -0.3 is 0 Å². The number of carbonyl (C=O) groups excluding carboxylic acids is 2. The number of nitrogens with zero attached hydrogens (tertiary/aromatic N) is 6. The molecule has 2 amide bonds. The zero-order valence-corrected chi connectivity index (χ0v) is 30.9. The first-order chi connectivity index (χ1) is 26.4. The molecule has 4 aromatic heterocycles. The Morgan fingerprint density at radius 3 is 1.24 bits per heavy atom. The normalized spacial score (nSPS) is 14.3. The third-order valence-electron chi connectivity index (χ3n) is 8.52. The van der Waals surface area contributed by atoms with E-state index in [4.69, 9.17) is 0 Å². The topological polar surface area (TPSA) is 136 Å². The molecule has 2 aliphatic heterocycles. The zero-order chi connectivity index (χ0) is 37.3. The van der Waals surface area contributed by atoms with Crippen LogP contribution in [0, 0.1) is 45.3 Å². The van der Waals surface area contributed by atoms with Gasteiger partial charge in [-0.3, -0.25) is 19.4 Å². The van der Waals surface area contributed by atoms with E-state index in [1.807, 2.05) is 133 Å². The lowest BCUT2D eigenvalue weighted by atomic mass is 10.1. The second-order valence-corrected chi connectivity index (χ2v) is 16.2. The number of amides is 2. The van der Waals surface area contributed by atoms with Crippen LogP contribution in [0.5, 0.6) is 0 Å². The predicted octanol–water partition coefficient (Wildman–Crippen LogP) is 6.20. The van der Waals surface area contributed by atoms with Crippen molar-refractivity contribution >= 4 is 103 Å². The van der Waals surface area contributed by atoms with Gasteiger partial charge in [0.15, 0.2) is 0 Å². The molecule has 0 atom stereocenters. The molecule has 6 aromatic rings. The summed E-state index contributed by atoms with van der Waals surface area (Å²) >= 11 is 5.56. The van der Waals surface area contributed by atoms with E-state index in [0.717, 1.165) is 28.6 Å².